The zero-order valence-corrected chi connectivity index (χ0v) is 18.7. The van der Waals surface area contributed by atoms with E-state index in [1.807, 2.05) is 0 Å². The van der Waals surface area contributed by atoms with Crippen LogP contribution in [0.5, 0.6) is 0 Å². The summed E-state index contributed by atoms with van der Waals surface area (Å²) in [5.74, 6) is 0. The molecule has 2 aromatic carbocycles. The van der Waals surface area contributed by atoms with Gasteiger partial charge in [0.05, 0.1) is 5.54 Å². The molecule has 0 radical (unpaired) electrons. The van der Waals surface area contributed by atoms with Crippen molar-refractivity contribution in [2.75, 3.05) is 4.90 Å². The SMILES string of the molecule is CC1=C/C=C\C(C)(N(C2=CC=CC(C)(c3ccccc3)C=C2)c2ccccc2)/C=C\C1. The smallest absolute Gasteiger partial charge is 0.0792 e. The van der Waals surface area contributed by atoms with Gasteiger partial charge in [0.15, 0.2) is 0 Å². The molecule has 2 aliphatic rings. The molecule has 2 aromatic rings. The van der Waals surface area contributed by atoms with E-state index in [0.717, 1.165) is 6.42 Å². The van der Waals surface area contributed by atoms with Crippen LogP contribution in [0.1, 0.15) is 32.8 Å². The van der Waals surface area contributed by atoms with Gasteiger partial charge in [-0.1, -0.05) is 103 Å². The van der Waals surface area contributed by atoms with E-state index in [1.54, 1.807) is 0 Å². The van der Waals surface area contributed by atoms with Crippen molar-refractivity contribution in [1.82, 2.24) is 0 Å². The van der Waals surface area contributed by atoms with Crippen molar-refractivity contribution in [3.63, 3.8) is 0 Å². The summed E-state index contributed by atoms with van der Waals surface area (Å²) in [6.07, 6.45) is 23.6. The first kappa shape index (κ1) is 20.9. The minimum Gasteiger partial charge on any atom is -0.329 e. The second kappa shape index (κ2) is 8.81. The fourth-order valence-electron chi connectivity index (χ4n) is 4.30. The molecule has 156 valence electrons. The van der Waals surface area contributed by atoms with Crippen LogP contribution in [-0.2, 0) is 5.41 Å². The van der Waals surface area contributed by atoms with E-state index in [-0.39, 0.29) is 11.0 Å². The summed E-state index contributed by atoms with van der Waals surface area (Å²) in [4.78, 5) is 2.42. The highest BCUT2D eigenvalue weighted by atomic mass is 15.2. The Kier molecular flexibility index (Phi) is 5.95. The molecule has 0 aromatic heterocycles. The third-order valence-corrected chi connectivity index (χ3v) is 6.17. The Balaban J connectivity index is 1.78. The van der Waals surface area contributed by atoms with Gasteiger partial charge in [0.1, 0.15) is 0 Å². The lowest BCUT2D eigenvalue weighted by atomic mass is 9.82. The normalized spacial score (nSPS) is 27.3. The molecule has 2 aliphatic carbocycles. The lowest BCUT2D eigenvalue weighted by Gasteiger charge is -2.40. The van der Waals surface area contributed by atoms with Gasteiger partial charge < -0.3 is 4.90 Å². The molecule has 0 amide bonds. The molecule has 0 N–H and O–H groups in total. The van der Waals surface area contributed by atoms with Crippen molar-refractivity contribution in [1.29, 1.82) is 0 Å². The molecule has 0 heterocycles. The maximum atomic E-state index is 2.42. The van der Waals surface area contributed by atoms with Crippen LogP contribution in [0.4, 0.5) is 5.69 Å². The number of nitrogens with zero attached hydrogens (tertiary/aromatic N) is 1. The average Bonchev–Trinajstić information content (AvgIpc) is 2.97. The largest absolute Gasteiger partial charge is 0.329 e. The Labute approximate surface area is 187 Å². The van der Waals surface area contributed by atoms with Gasteiger partial charge in [-0.05, 0) is 57.0 Å². The first-order chi connectivity index (χ1) is 15.0. The maximum absolute atomic E-state index is 2.42. The summed E-state index contributed by atoms with van der Waals surface area (Å²) < 4.78 is 0. The van der Waals surface area contributed by atoms with Crippen LogP contribution in [0.25, 0.3) is 0 Å². The minimum atomic E-state index is -0.282. The molecule has 0 spiro atoms. The van der Waals surface area contributed by atoms with Gasteiger partial charge >= 0.3 is 0 Å². The number of rotatable bonds is 4. The molecular weight excluding hydrogens is 374 g/mol. The lowest BCUT2D eigenvalue weighted by molar-refractivity contribution is 0.675. The predicted octanol–water partition coefficient (Wildman–Crippen LogP) is 7.68. The van der Waals surface area contributed by atoms with Gasteiger partial charge in [0.25, 0.3) is 0 Å². The number of benzene rings is 2. The van der Waals surface area contributed by atoms with Crippen molar-refractivity contribution < 1.29 is 0 Å². The monoisotopic (exact) mass is 405 g/mol. The molecule has 0 saturated heterocycles. The Morgan fingerprint density at radius 2 is 1.42 bits per heavy atom. The van der Waals surface area contributed by atoms with Crippen LogP contribution in [0.15, 0.2) is 133 Å². The van der Waals surface area contributed by atoms with Crippen molar-refractivity contribution in [2.24, 2.45) is 0 Å². The minimum absolute atomic E-state index is 0.144. The Bertz CT molecular complexity index is 1080. The molecule has 2 atom stereocenters. The van der Waals surface area contributed by atoms with Gasteiger partial charge in [-0.25, -0.2) is 0 Å². The van der Waals surface area contributed by atoms with Crippen LogP contribution >= 0.6 is 0 Å². The summed E-state index contributed by atoms with van der Waals surface area (Å²) in [6, 6.07) is 21.4. The third-order valence-electron chi connectivity index (χ3n) is 6.17. The Morgan fingerprint density at radius 1 is 0.742 bits per heavy atom. The van der Waals surface area contributed by atoms with E-state index in [2.05, 4.69) is 147 Å². The fourth-order valence-corrected chi connectivity index (χ4v) is 4.30. The molecule has 0 bridgehead atoms. The highest BCUT2D eigenvalue weighted by Crippen LogP contribution is 2.36. The molecule has 1 heteroatoms. The van der Waals surface area contributed by atoms with Gasteiger partial charge in [0, 0.05) is 16.8 Å². The summed E-state index contributed by atoms with van der Waals surface area (Å²) in [5.41, 5.74) is 4.58. The number of hydrogen-bond acceptors (Lipinski definition) is 1. The molecule has 1 nitrogen and oxygen atoms in total. The second-order valence-corrected chi connectivity index (χ2v) is 8.81. The number of hydrogen-bond donors (Lipinski definition) is 0. The topological polar surface area (TPSA) is 3.24 Å². The summed E-state index contributed by atoms with van der Waals surface area (Å²) >= 11 is 0. The molecule has 0 fully saturated rings. The van der Waals surface area contributed by atoms with Crippen molar-refractivity contribution in [3.8, 4) is 0 Å². The average molecular weight is 406 g/mol. The number of allylic oxidation sites excluding steroid dienone is 9. The van der Waals surface area contributed by atoms with Crippen LogP contribution in [0, 0.1) is 0 Å². The number of anilines is 1. The van der Waals surface area contributed by atoms with E-state index in [9.17, 15) is 0 Å². The highest BCUT2D eigenvalue weighted by Gasteiger charge is 2.30. The molecule has 4 rings (SSSR count). The predicted molar refractivity (Wildman–Crippen MR) is 134 cm³/mol. The summed E-state index contributed by atoms with van der Waals surface area (Å²) in [5, 5.41) is 0. The second-order valence-electron chi connectivity index (χ2n) is 8.81. The summed E-state index contributed by atoms with van der Waals surface area (Å²) in [7, 11) is 0. The van der Waals surface area contributed by atoms with Crippen molar-refractivity contribution in [3.05, 3.63) is 138 Å². The molecule has 2 unspecified atom stereocenters. The summed E-state index contributed by atoms with van der Waals surface area (Å²) in [6.45, 7) is 6.73. The molecule has 31 heavy (non-hydrogen) atoms. The van der Waals surface area contributed by atoms with Gasteiger partial charge in [0.2, 0.25) is 0 Å². The fraction of sp³-hybridized carbons (Fsp3) is 0.200. The van der Waals surface area contributed by atoms with E-state index in [4.69, 9.17) is 0 Å². The van der Waals surface area contributed by atoms with Gasteiger partial charge in [-0.15, -0.1) is 0 Å². The van der Waals surface area contributed by atoms with E-state index >= 15 is 0 Å². The standard InChI is InChI=1S/C30H31N/c1-25-13-10-22-30(3,23-11-14-25)31(27-17-8-5-9-18-27)28-19-12-21-29(2,24-20-28)26-15-6-4-7-16-26/h4-13,15-24H,14H2,1-3H3/b22-10-,23-11-,25-13?. The lowest BCUT2D eigenvalue weighted by Crippen LogP contribution is -2.42. The maximum Gasteiger partial charge on any atom is 0.0792 e. The van der Waals surface area contributed by atoms with Crippen LogP contribution in [0.3, 0.4) is 0 Å². The zero-order chi connectivity index (χ0) is 21.7. The van der Waals surface area contributed by atoms with Crippen LogP contribution < -0.4 is 4.90 Å². The van der Waals surface area contributed by atoms with Crippen molar-refractivity contribution in [2.45, 2.75) is 38.1 Å². The molecule has 0 aliphatic heterocycles. The van der Waals surface area contributed by atoms with Crippen LogP contribution in [-0.4, -0.2) is 5.54 Å². The molecule has 0 saturated carbocycles. The third kappa shape index (κ3) is 4.56. The Morgan fingerprint density at radius 3 is 2.16 bits per heavy atom. The Hall–Kier alpha value is -3.32. The van der Waals surface area contributed by atoms with Gasteiger partial charge in [-0.2, -0.15) is 0 Å². The number of para-hydroxylation sites is 1. The van der Waals surface area contributed by atoms with E-state index < -0.39 is 0 Å². The van der Waals surface area contributed by atoms with E-state index in [0.29, 0.717) is 0 Å². The van der Waals surface area contributed by atoms with E-state index in [1.165, 1.54) is 22.5 Å². The van der Waals surface area contributed by atoms with Gasteiger partial charge in [-0.3, -0.25) is 0 Å². The first-order valence-electron chi connectivity index (χ1n) is 11.0. The molecular formula is C30H31N. The van der Waals surface area contributed by atoms with Crippen molar-refractivity contribution >= 4 is 5.69 Å². The van der Waals surface area contributed by atoms with Crippen LogP contribution in [0.2, 0.25) is 0 Å². The zero-order valence-electron chi connectivity index (χ0n) is 18.7. The quantitative estimate of drug-likeness (QED) is 0.471. The first-order valence-corrected chi connectivity index (χ1v) is 11.0. The highest BCUT2D eigenvalue weighted by molar-refractivity contribution is 5.62.